The fourth-order valence-corrected chi connectivity index (χ4v) is 3.38. The number of likely N-dealkylation sites (tertiary alicyclic amines) is 1. The van der Waals surface area contributed by atoms with Gasteiger partial charge in [-0.3, -0.25) is 4.79 Å². The SMILES string of the molecule is CC(C)c1c(C(=O)N2CCCCC2)cnn1-c1ccccc1Cl. The predicted molar refractivity (Wildman–Crippen MR) is 92.4 cm³/mol. The number of aromatic nitrogens is 2. The average molecular weight is 332 g/mol. The van der Waals surface area contributed by atoms with E-state index in [9.17, 15) is 4.79 Å². The molecule has 4 nitrogen and oxygen atoms in total. The lowest BCUT2D eigenvalue weighted by molar-refractivity contribution is 0.0722. The summed E-state index contributed by atoms with van der Waals surface area (Å²) in [5.74, 6) is 0.268. The highest BCUT2D eigenvalue weighted by atomic mass is 35.5. The molecule has 122 valence electrons. The Kier molecular flexibility index (Phi) is 4.71. The van der Waals surface area contributed by atoms with E-state index in [2.05, 4.69) is 18.9 Å². The van der Waals surface area contributed by atoms with Crippen molar-refractivity contribution >= 4 is 17.5 Å². The zero-order chi connectivity index (χ0) is 16.4. The first kappa shape index (κ1) is 16.1. The number of piperidine rings is 1. The molecule has 0 spiro atoms. The maximum absolute atomic E-state index is 12.9. The number of rotatable bonds is 3. The van der Waals surface area contributed by atoms with Gasteiger partial charge >= 0.3 is 0 Å². The van der Waals surface area contributed by atoms with Crippen LogP contribution in [-0.4, -0.2) is 33.7 Å². The van der Waals surface area contributed by atoms with Crippen molar-refractivity contribution < 1.29 is 4.79 Å². The summed E-state index contributed by atoms with van der Waals surface area (Å²) in [6.45, 7) is 5.84. The molecule has 1 aromatic heterocycles. The fourth-order valence-electron chi connectivity index (χ4n) is 3.16. The lowest BCUT2D eigenvalue weighted by Crippen LogP contribution is -2.36. The molecule has 2 aromatic rings. The summed E-state index contributed by atoms with van der Waals surface area (Å²) >= 11 is 6.32. The van der Waals surface area contributed by atoms with Crippen molar-refractivity contribution in [3.8, 4) is 5.69 Å². The van der Waals surface area contributed by atoms with E-state index in [0.717, 1.165) is 37.3 Å². The van der Waals surface area contributed by atoms with Gasteiger partial charge in [0, 0.05) is 13.1 Å². The third-order valence-corrected chi connectivity index (χ3v) is 4.63. The second-order valence-corrected chi connectivity index (χ2v) is 6.72. The molecule has 0 saturated carbocycles. The molecule has 0 radical (unpaired) electrons. The molecule has 0 unspecified atom stereocenters. The third-order valence-electron chi connectivity index (χ3n) is 4.31. The minimum atomic E-state index is 0.0895. The van der Waals surface area contributed by atoms with E-state index >= 15 is 0 Å². The molecule has 3 rings (SSSR count). The highest BCUT2D eigenvalue weighted by Gasteiger charge is 2.26. The molecule has 5 heteroatoms. The predicted octanol–water partition coefficient (Wildman–Crippen LogP) is 4.28. The van der Waals surface area contributed by atoms with E-state index in [-0.39, 0.29) is 11.8 Å². The Morgan fingerprint density at radius 2 is 1.87 bits per heavy atom. The van der Waals surface area contributed by atoms with Crippen molar-refractivity contribution in [2.45, 2.75) is 39.0 Å². The molecule has 1 amide bonds. The zero-order valence-electron chi connectivity index (χ0n) is 13.6. The topological polar surface area (TPSA) is 38.1 Å². The van der Waals surface area contributed by atoms with E-state index in [1.54, 1.807) is 6.20 Å². The van der Waals surface area contributed by atoms with Crippen molar-refractivity contribution in [1.29, 1.82) is 0 Å². The second kappa shape index (κ2) is 6.75. The molecular formula is C18H22ClN3O. The van der Waals surface area contributed by atoms with Gasteiger partial charge in [-0.25, -0.2) is 4.68 Å². The molecule has 1 aliphatic rings. The largest absolute Gasteiger partial charge is 0.339 e. The first-order valence-corrected chi connectivity index (χ1v) is 8.59. The van der Waals surface area contributed by atoms with Crippen LogP contribution in [0.15, 0.2) is 30.5 Å². The van der Waals surface area contributed by atoms with Gasteiger partial charge in [-0.05, 0) is 37.3 Å². The molecule has 0 aliphatic carbocycles. The molecule has 0 bridgehead atoms. The number of hydrogen-bond donors (Lipinski definition) is 0. The van der Waals surface area contributed by atoms with Crippen LogP contribution in [0.1, 0.15) is 55.1 Å². The molecule has 1 aromatic carbocycles. The Hall–Kier alpha value is -1.81. The minimum Gasteiger partial charge on any atom is -0.339 e. The van der Waals surface area contributed by atoms with E-state index in [1.807, 2.05) is 33.8 Å². The maximum Gasteiger partial charge on any atom is 0.257 e. The van der Waals surface area contributed by atoms with Crippen LogP contribution in [-0.2, 0) is 0 Å². The molecular weight excluding hydrogens is 310 g/mol. The van der Waals surface area contributed by atoms with Crippen LogP contribution in [0.5, 0.6) is 0 Å². The van der Waals surface area contributed by atoms with Gasteiger partial charge in [-0.1, -0.05) is 37.6 Å². The molecule has 1 aliphatic heterocycles. The Bertz CT molecular complexity index is 702. The van der Waals surface area contributed by atoms with E-state index in [1.165, 1.54) is 6.42 Å². The monoisotopic (exact) mass is 331 g/mol. The highest BCUT2D eigenvalue weighted by Crippen LogP contribution is 2.28. The van der Waals surface area contributed by atoms with Crippen molar-refractivity contribution in [1.82, 2.24) is 14.7 Å². The van der Waals surface area contributed by atoms with Crippen molar-refractivity contribution in [3.63, 3.8) is 0 Å². The highest BCUT2D eigenvalue weighted by molar-refractivity contribution is 6.32. The first-order valence-electron chi connectivity index (χ1n) is 8.21. The van der Waals surface area contributed by atoms with Crippen LogP contribution < -0.4 is 0 Å². The number of nitrogens with zero attached hydrogens (tertiary/aromatic N) is 3. The summed E-state index contributed by atoms with van der Waals surface area (Å²) in [5, 5.41) is 5.10. The number of benzene rings is 1. The van der Waals surface area contributed by atoms with Gasteiger partial charge in [0.15, 0.2) is 0 Å². The molecule has 0 N–H and O–H groups in total. The lowest BCUT2D eigenvalue weighted by Gasteiger charge is -2.27. The van der Waals surface area contributed by atoms with Gasteiger partial charge in [0.2, 0.25) is 0 Å². The lowest BCUT2D eigenvalue weighted by atomic mass is 10.0. The van der Waals surface area contributed by atoms with Crippen molar-refractivity contribution in [3.05, 3.63) is 46.7 Å². The number of para-hydroxylation sites is 1. The summed E-state index contributed by atoms with van der Waals surface area (Å²) in [7, 11) is 0. The van der Waals surface area contributed by atoms with Crippen LogP contribution in [0.3, 0.4) is 0 Å². The van der Waals surface area contributed by atoms with E-state index in [0.29, 0.717) is 10.6 Å². The van der Waals surface area contributed by atoms with E-state index < -0.39 is 0 Å². The third kappa shape index (κ3) is 3.13. The van der Waals surface area contributed by atoms with E-state index in [4.69, 9.17) is 11.6 Å². The van der Waals surface area contributed by atoms with Gasteiger partial charge in [-0.15, -0.1) is 0 Å². The summed E-state index contributed by atoms with van der Waals surface area (Å²) < 4.78 is 1.81. The standard InChI is InChI=1S/C18H22ClN3O/c1-13(2)17-14(18(23)21-10-6-3-7-11-21)12-20-22(17)16-9-5-4-8-15(16)19/h4-5,8-9,12-13H,3,6-7,10-11H2,1-2H3. The van der Waals surface area contributed by atoms with Gasteiger partial charge < -0.3 is 4.90 Å². The van der Waals surface area contributed by atoms with Gasteiger partial charge in [0.25, 0.3) is 5.91 Å². The summed E-state index contributed by atoms with van der Waals surface area (Å²) in [4.78, 5) is 14.8. The van der Waals surface area contributed by atoms with Crippen LogP contribution in [0.25, 0.3) is 5.69 Å². The molecule has 2 heterocycles. The Balaban J connectivity index is 2.02. The van der Waals surface area contributed by atoms with Crippen molar-refractivity contribution in [2.75, 3.05) is 13.1 Å². The van der Waals surface area contributed by atoms with Crippen molar-refractivity contribution in [2.24, 2.45) is 0 Å². The molecule has 1 saturated heterocycles. The van der Waals surface area contributed by atoms with Crippen LogP contribution in [0.2, 0.25) is 5.02 Å². The smallest absolute Gasteiger partial charge is 0.257 e. The number of hydrogen-bond acceptors (Lipinski definition) is 2. The average Bonchev–Trinajstić information content (AvgIpc) is 3.00. The Morgan fingerprint density at radius 1 is 1.17 bits per heavy atom. The maximum atomic E-state index is 12.9. The Morgan fingerprint density at radius 3 is 2.52 bits per heavy atom. The summed E-state index contributed by atoms with van der Waals surface area (Å²) in [6.07, 6.45) is 5.07. The second-order valence-electron chi connectivity index (χ2n) is 6.31. The first-order chi connectivity index (χ1) is 11.1. The molecule has 1 fully saturated rings. The quantitative estimate of drug-likeness (QED) is 0.842. The summed E-state index contributed by atoms with van der Waals surface area (Å²) in [5.41, 5.74) is 2.44. The zero-order valence-corrected chi connectivity index (χ0v) is 14.4. The minimum absolute atomic E-state index is 0.0895. The number of carbonyl (C=O) groups is 1. The van der Waals surface area contributed by atoms with Crippen LogP contribution in [0.4, 0.5) is 0 Å². The number of halogens is 1. The van der Waals surface area contributed by atoms with Gasteiger partial charge in [-0.2, -0.15) is 5.10 Å². The van der Waals surface area contributed by atoms with Gasteiger partial charge in [0.1, 0.15) is 0 Å². The molecule has 23 heavy (non-hydrogen) atoms. The Labute approximate surface area is 142 Å². The normalized spacial score (nSPS) is 15.2. The van der Waals surface area contributed by atoms with Crippen LogP contribution >= 0.6 is 11.6 Å². The van der Waals surface area contributed by atoms with Gasteiger partial charge in [0.05, 0.1) is 28.2 Å². The summed E-state index contributed by atoms with van der Waals surface area (Å²) in [6, 6.07) is 7.59. The fraction of sp³-hybridized carbons (Fsp3) is 0.444. The number of amides is 1. The number of carbonyl (C=O) groups excluding carboxylic acids is 1. The molecule has 0 atom stereocenters. The van der Waals surface area contributed by atoms with Crippen LogP contribution in [0, 0.1) is 0 Å².